The van der Waals surface area contributed by atoms with Crippen LogP contribution in [0, 0.1) is 0 Å². The fourth-order valence-corrected chi connectivity index (χ4v) is 2.80. The highest BCUT2D eigenvalue weighted by Gasteiger charge is 2.17. The number of aromatic amines is 1. The third-order valence-corrected chi connectivity index (χ3v) is 4.00. The first kappa shape index (κ1) is 15.2. The van der Waals surface area contributed by atoms with E-state index in [1.165, 1.54) is 6.92 Å². The van der Waals surface area contributed by atoms with Crippen LogP contribution in [0.4, 0.5) is 0 Å². The average molecular weight is 323 g/mol. The first-order valence-electron chi connectivity index (χ1n) is 7.42. The summed E-state index contributed by atoms with van der Waals surface area (Å²) in [4.78, 5) is 14.2. The third kappa shape index (κ3) is 3.54. The van der Waals surface area contributed by atoms with E-state index in [2.05, 4.69) is 10.3 Å². The van der Waals surface area contributed by atoms with Gasteiger partial charge in [-0.25, -0.2) is 0 Å². The molecule has 118 valence electrons. The van der Waals surface area contributed by atoms with Crippen molar-refractivity contribution in [1.29, 1.82) is 0 Å². The van der Waals surface area contributed by atoms with Crippen molar-refractivity contribution in [2.24, 2.45) is 0 Å². The van der Waals surface area contributed by atoms with Crippen molar-refractivity contribution in [2.75, 3.05) is 13.2 Å². The number of rotatable bonds is 5. The van der Waals surface area contributed by atoms with Crippen molar-refractivity contribution >= 4 is 28.4 Å². The molecular weight excluding hydrogens is 304 g/mol. The van der Waals surface area contributed by atoms with Crippen LogP contribution in [0.15, 0.2) is 18.2 Å². The van der Waals surface area contributed by atoms with Crippen LogP contribution in [0.3, 0.4) is 0 Å². The molecule has 0 spiro atoms. The number of carbonyl (C=O) groups is 1. The number of nitrogens with one attached hydrogen (secondary N) is 2. The maximum Gasteiger partial charge on any atom is 0.217 e. The Morgan fingerprint density at radius 3 is 3.09 bits per heavy atom. The van der Waals surface area contributed by atoms with E-state index in [0.29, 0.717) is 23.9 Å². The molecule has 1 atom stereocenters. The summed E-state index contributed by atoms with van der Waals surface area (Å²) in [5.41, 5.74) is 1.87. The zero-order valence-electron chi connectivity index (χ0n) is 12.4. The predicted octanol–water partition coefficient (Wildman–Crippen LogP) is 3.02. The molecule has 1 saturated heterocycles. The molecule has 2 aromatic rings. The highest BCUT2D eigenvalue weighted by atomic mass is 35.5. The van der Waals surface area contributed by atoms with Crippen LogP contribution in [0.5, 0.6) is 5.75 Å². The third-order valence-electron chi connectivity index (χ3n) is 3.71. The maximum atomic E-state index is 11.0. The number of fused-ring (bicyclic) bond motifs is 1. The number of ether oxygens (including phenoxy) is 2. The van der Waals surface area contributed by atoms with Crippen molar-refractivity contribution < 1.29 is 14.3 Å². The van der Waals surface area contributed by atoms with Gasteiger partial charge in [0, 0.05) is 36.2 Å². The lowest BCUT2D eigenvalue weighted by atomic mass is 10.2. The van der Waals surface area contributed by atoms with E-state index >= 15 is 0 Å². The molecule has 1 aromatic heterocycles. The Morgan fingerprint density at radius 1 is 1.50 bits per heavy atom. The first-order valence-corrected chi connectivity index (χ1v) is 7.79. The summed E-state index contributed by atoms with van der Waals surface area (Å²) in [7, 11) is 0. The van der Waals surface area contributed by atoms with Crippen molar-refractivity contribution in [3.8, 4) is 5.75 Å². The topological polar surface area (TPSA) is 63.4 Å². The number of halogens is 1. The van der Waals surface area contributed by atoms with Crippen molar-refractivity contribution in [3.05, 3.63) is 28.9 Å². The van der Waals surface area contributed by atoms with Crippen LogP contribution in [-0.4, -0.2) is 30.2 Å². The van der Waals surface area contributed by atoms with E-state index in [-0.39, 0.29) is 12.0 Å². The van der Waals surface area contributed by atoms with Gasteiger partial charge in [0.2, 0.25) is 5.91 Å². The molecule has 3 rings (SSSR count). The number of carbonyl (C=O) groups excluding carboxylic acids is 1. The van der Waals surface area contributed by atoms with Gasteiger partial charge in [0.15, 0.2) is 0 Å². The smallest absolute Gasteiger partial charge is 0.217 e. The molecule has 1 aromatic carbocycles. The number of H-pyrrole nitrogens is 1. The van der Waals surface area contributed by atoms with Crippen LogP contribution >= 0.6 is 11.6 Å². The summed E-state index contributed by atoms with van der Waals surface area (Å²) in [6.07, 6.45) is 2.28. The summed E-state index contributed by atoms with van der Waals surface area (Å²) in [5, 5.41) is 4.34. The van der Waals surface area contributed by atoms with Crippen LogP contribution < -0.4 is 10.1 Å². The van der Waals surface area contributed by atoms with E-state index in [4.69, 9.17) is 21.1 Å². The van der Waals surface area contributed by atoms with Gasteiger partial charge in [0.25, 0.3) is 0 Å². The SMILES string of the molecule is CC(=O)NCc1cc2cc(Cl)c(OC[C@@H]3CCCO3)cc2[nH]1. The molecule has 0 radical (unpaired) electrons. The fourth-order valence-electron chi connectivity index (χ4n) is 2.58. The summed E-state index contributed by atoms with van der Waals surface area (Å²) >= 11 is 6.28. The van der Waals surface area contributed by atoms with Crippen LogP contribution in [-0.2, 0) is 16.1 Å². The summed E-state index contributed by atoms with van der Waals surface area (Å²) in [6.45, 7) is 3.29. The molecule has 0 saturated carbocycles. The Kier molecular flexibility index (Phi) is 4.55. The van der Waals surface area contributed by atoms with Gasteiger partial charge in [-0.3, -0.25) is 4.79 Å². The van der Waals surface area contributed by atoms with Gasteiger partial charge in [-0.15, -0.1) is 0 Å². The van der Waals surface area contributed by atoms with Gasteiger partial charge in [-0.05, 0) is 25.0 Å². The standard InChI is InChI=1S/C16H19ClN2O3/c1-10(20)18-8-12-5-11-6-14(17)16(7-15(11)19-12)22-9-13-3-2-4-21-13/h5-7,13,19H,2-4,8-9H2,1H3,(H,18,20)/t13-/m0/s1. The molecule has 0 unspecified atom stereocenters. The second-order valence-electron chi connectivity index (χ2n) is 5.52. The summed E-state index contributed by atoms with van der Waals surface area (Å²) < 4.78 is 11.3. The van der Waals surface area contributed by atoms with Gasteiger partial charge in [0.1, 0.15) is 12.4 Å². The predicted molar refractivity (Wildman–Crippen MR) is 85.3 cm³/mol. The van der Waals surface area contributed by atoms with E-state index in [1.807, 2.05) is 18.2 Å². The van der Waals surface area contributed by atoms with E-state index in [0.717, 1.165) is 36.0 Å². The number of hydrogen-bond acceptors (Lipinski definition) is 3. The van der Waals surface area contributed by atoms with E-state index in [9.17, 15) is 4.79 Å². The lowest BCUT2D eigenvalue weighted by Crippen LogP contribution is -2.18. The number of benzene rings is 1. The monoisotopic (exact) mass is 322 g/mol. The van der Waals surface area contributed by atoms with Gasteiger partial charge in [-0.1, -0.05) is 11.6 Å². The Labute approximate surface area is 133 Å². The molecule has 1 fully saturated rings. The van der Waals surface area contributed by atoms with Gasteiger partial charge in [-0.2, -0.15) is 0 Å². The molecule has 1 aliphatic heterocycles. The van der Waals surface area contributed by atoms with Crippen molar-refractivity contribution in [3.63, 3.8) is 0 Å². The lowest BCUT2D eigenvalue weighted by molar-refractivity contribution is -0.119. The molecule has 0 bridgehead atoms. The average Bonchev–Trinajstić information content (AvgIpc) is 3.11. The minimum atomic E-state index is -0.0581. The molecule has 6 heteroatoms. The highest BCUT2D eigenvalue weighted by molar-refractivity contribution is 6.32. The number of amides is 1. The quantitative estimate of drug-likeness (QED) is 0.889. The Hall–Kier alpha value is -1.72. The minimum absolute atomic E-state index is 0.0581. The van der Waals surface area contributed by atoms with E-state index in [1.54, 1.807) is 0 Å². The number of aromatic nitrogens is 1. The molecule has 1 aliphatic rings. The molecule has 22 heavy (non-hydrogen) atoms. The first-order chi connectivity index (χ1) is 10.6. The molecular formula is C16H19ClN2O3. The lowest BCUT2D eigenvalue weighted by Gasteiger charge is -2.12. The maximum absolute atomic E-state index is 11.0. The second kappa shape index (κ2) is 6.58. The van der Waals surface area contributed by atoms with Crippen LogP contribution in [0.25, 0.3) is 10.9 Å². The van der Waals surface area contributed by atoms with Crippen LogP contribution in [0.2, 0.25) is 5.02 Å². The highest BCUT2D eigenvalue weighted by Crippen LogP contribution is 2.31. The normalized spacial score (nSPS) is 17.8. The molecule has 5 nitrogen and oxygen atoms in total. The Morgan fingerprint density at radius 2 is 2.36 bits per heavy atom. The van der Waals surface area contributed by atoms with Crippen LogP contribution in [0.1, 0.15) is 25.5 Å². The van der Waals surface area contributed by atoms with E-state index < -0.39 is 0 Å². The zero-order chi connectivity index (χ0) is 15.5. The summed E-state index contributed by atoms with van der Waals surface area (Å²) in [5.74, 6) is 0.592. The Balaban J connectivity index is 1.73. The van der Waals surface area contributed by atoms with Crippen molar-refractivity contribution in [1.82, 2.24) is 10.3 Å². The van der Waals surface area contributed by atoms with Gasteiger partial charge < -0.3 is 19.8 Å². The molecule has 2 heterocycles. The number of hydrogen-bond donors (Lipinski definition) is 2. The summed E-state index contributed by atoms with van der Waals surface area (Å²) in [6, 6.07) is 5.74. The second-order valence-corrected chi connectivity index (χ2v) is 5.93. The fraction of sp³-hybridized carbons (Fsp3) is 0.438. The van der Waals surface area contributed by atoms with Crippen molar-refractivity contribution in [2.45, 2.75) is 32.4 Å². The van der Waals surface area contributed by atoms with Gasteiger partial charge >= 0.3 is 0 Å². The molecule has 1 amide bonds. The van der Waals surface area contributed by atoms with Gasteiger partial charge in [0.05, 0.1) is 17.7 Å². The molecule has 2 N–H and O–H groups in total. The Bertz CT molecular complexity index is 677. The minimum Gasteiger partial charge on any atom is -0.489 e. The molecule has 0 aliphatic carbocycles. The zero-order valence-corrected chi connectivity index (χ0v) is 13.2. The largest absolute Gasteiger partial charge is 0.489 e.